The van der Waals surface area contributed by atoms with Gasteiger partial charge in [0.2, 0.25) is 0 Å². The van der Waals surface area contributed by atoms with E-state index in [0.717, 1.165) is 30.2 Å². The molecule has 27 heavy (non-hydrogen) atoms. The Morgan fingerprint density at radius 3 is 2.59 bits per heavy atom. The highest BCUT2D eigenvalue weighted by Gasteiger charge is 2.18. The van der Waals surface area contributed by atoms with E-state index in [-0.39, 0.29) is 5.91 Å². The van der Waals surface area contributed by atoms with Gasteiger partial charge in [-0.1, -0.05) is 0 Å². The van der Waals surface area contributed by atoms with Crippen molar-refractivity contribution in [3.8, 4) is 11.5 Å². The normalized spacial score (nSPS) is 16.1. The molecule has 1 aromatic heterocycles. The maximum absolute atomic E-state index is 12.6. The molecule has 0 unspecified atom stereocenters. The van der Waals surface area contributed by atoms with Crippen molar-refractivity contribution in [1.29, 1.82) is 0 Å². The summed E-state index contributed by atoms with van der Waals surface area (Å²) in [7, 11) is 0. The van der Waals surface area contributed by atoms with E-state index >= 15 is 0 Å². The van der Waals surface area contributed by atoms with Gasteiger partial charge in [-0.3, -0.25) is 4.79 Å². The molecule has 0 bridgehead atoms. The summed E-state index contributed by atoms with van der Waals surface area (Å²) in [5.74, 6) is 1.97. The van der Waals surface area contributed by atoms with Crippen LogP contribution in [0.5, 0.6) is 11.5 Å². The average molecular weight is 370 g/mol. The molecule has 1 saturated heterocycles. The Bertz CT molecular complexity index is 836. The zero-order valence-electron chi connectivity index (χ0n) is 15.2. The molecule has 0 saturated carbocycles. The third kappa shape index (κ3) is 3.95. The molecule has 0 radical (unpaired) electrons. The number of carbonyl (C=O) groups excluding carboxylic acids is 1. The number of benzene rings is 1. The summed E-state index contributed by atoms with van der Waals surface area (Å²) in [5.41, 5.74) is 2.17. The average Bonchev–Trinajstić information content (AvgIpc) is 2.72. The van der Waals surface area contributed by atoms with E-state index in [9.17, 15) is 4.79 Å². The molecule has 3 heterocycles. The third-order valence-corrected chi connectivity index (χ3v) is 4.61. The van der Waals surface area contributed by atoms with Crippen LogP contribution in [0.15, 0.2) is 24.5 Å². The van der Waals surface area contributed by atoms with Gasteiger partial charge in [-0.25, -0.2) is 9.97 Å². The van der Waals surface area contributed by atoms with Crippen LogP contribution in [0, 0.1) is 6.92 Å². The van der Waals surface area contributed by atoms with Crippen LogP contribution in [0.4, 0.5) is 5.82 Å². The molecule has 2 aliphatic heterocycles. The van der Waals surface area contributed by atoms with Crippen LogP contribution in [-0.4, -0.2) is 55.4 Å². The number of nitrogens with zero attached hydrogens (tertiary/aromatic N) is 3. The Morgan fingerprint density at radius 1 is 1.07 bits per heavy atom. The van der Waals surface area contributed by atoms with Gasteiger partial charge >= 0.3 is 0 Å². The molecule has 1 fully saturated rings. The lowest BCUT2D eigenvalue weighted by atomic mass is 10.1. The number of aryl methyl sites for hydroxylation is 1. The number of morpholine rings is 1. The Balaban J connectivity index is 1.43. The van der Waals surface area contributed by atoms with Crippen LogP contribution < -0.4 is 19.7 Å². The second kappa shape index (κ2) is 7.79. The molecule has 142 valence electrons. The van der Waals surface area contributed by atoms with E-state index in [1.807, 2.05) is 19.1 Å². The fourth-order valence-electron chi connectivity index (χ4n) is 3.15. The summed E-state index contributed by atoms with van der Waals surface area (Å²) in [6.45, 7) is 6.22. The van der Waals surface area contributed by atoms with E-state index in [1.165, 1.54) is 6.33 Å². The van der Waals surface area contributed by atoms with Crippen molar-refractivity contribution in [2.75, 3.05) is 44.4 Å². The molecule has 2 aliphatic rings. The second-order valence-electron chi connectivity index (χ2n) is 6.46. The number of aromatic nitrogens is 2. The van der Waals surface area contributed by atoms with Crippen LogP contribution >= 0.6 is 0 Å². The third-order valence-electron chi connectivity index (χ3n) is 4.61. The Morgan fingerprint density at radius 2 is 1.81 bits per heavy atom. The lowest BCUT2D eigenvalue weighted by Crippen LogP contribution is -2.37. The number of rotatable bonds is 4. The number of anilines is 1. The molecule has 2 aromatic rings. The summed E-state index contributed by atoms with van der Waals surface area (Å²) < 4.78 is 16.5. The molecule has 1 amide bonds. The molecule has 0 atom stereocenters. The van der Waals surface area contributed by atoms with Gasteiger partial charge in [0.05, 0.1) is 25.5 Å². The van der Waals surface area contributed by atoms with E-state index in [4.69, 9.17) is 14.2 Å². The number of hydrogen-bond acceptors (Lipinski definition) is 7. The standard InChI is InChI=1S/C19H22N4O4/c1-13-8-16-17(27-7-6-26-16)10-15(13)19(24)20-11-14-9-18(22-12-21-14)23-2-4-25-5-3-23/h8-10,12H,2-7,11H2,1H3,(H,20,24). The second-order valence-corrected chi connectivity index (χ2v) is 6.46. The maximum atomic E-state index is 12.6. The highest BCUT2D eigenvalue weighted by Crippen LogP contribution is 2.33. The Labute approximate surface area is 157 Å². The van der Waals surface area contributed by atoms with Gasteiger partial charge in [0.1, 0.15) is 25.4 Å². The van der Waals surface area contributed by atoms with E-state index < -0.39 is 0 Å². The molecule has 0 aliphatic carbocycles. The first-order valence-corrected chi connectivity index (χ1v) is 9.03. The molecule has 4 rings (SSSR count). The Hall–Kier alpha value is -2.87. The molecular weight excluding hydrogens is 348 g/mol. The minimum Gasteiger partial charge on any atom is -0.486 e. The zero-order chi connectivity index (χ0) is 18.6. The lowest BCUT2D eigenvalue weighted by molar-refractivity contribution is 0.0948. The summed E-state index contributed by atoms with van der Waals surface area (Å²) in [6.07, 6.45) is 1.53. The number of amides is 1. The monoisotopic (exact) mass is 370 g/mol. The minimum absolute atomic E-state index is 0.170. The number of nitrogens with one attached hydrogen (secondary N) is 1. The number of hydrogen-bond donors (Lipinski definition) is 1. The lowest BCUT2D eigenvalue weighted by Gasteiger charge is -2.27. The van der Waals surface area contributed by atoms with Crippen LogP contribution in [0.3, 0.4) is 0 Å². The predicted octanol–water partition coefficient (Wildman–Crippen LogP) is 1.32. The number of carbonyl (C=O) groups is 1. The van der Waals surface area contributed by atoms with Gasteiger partial charge in [0.25, 0.3) is 5.91 Å². The molecule has 1 N–H and O–H groups in total. The van der Waals surface area contributed by atoms with Crippen LogP contribution in [0.2, 0.25) is 0 Å². The highest BCUT2D eigenvalue weighted by atomic mass is 16.6. The summed E-state index contributed by atoms with van der Waals surface area (Å²) in [6, 6.07) is 5.48. The zero-order valence-corrected chi connectivity index (χ0v) is 15.2. The smallest absolute Gasteiger partial charge is 0.252 e. The molecule has 8 heteroatoms. The maximum Gasteiger partial charge on any atom is 0.252 e. The quantitative estimate of drug-likeness (QED) is 0.869. The van der Waals surface area contributed by atoms with Crippen molar-refractivity contribution in [3.05, 3.63) is 41.3 Å². The fourth-order valence-corrected chi connectivity index (χ4v) is 3.15. The molecule has 0 spiro atoms. The van der Waals surface area contributed by atoms with Gasteiger partial charge in [-0.2, -0.15) is 0 Å². The molecular formula is C19H22N4O4. The first kappa shape index (κ1) is 17.5. The summed E-state index contributed by atoms with van der Waals surface area (Å²) in [5, 5.41) is 2.92. The number of fused-ring (bicyclic) bond motifs is 1. The summed E-state index contributed by atoms with van der Waals surface area (Å²) >= 11 is 0. The van der Waals surface area contributed by atoms with Crippen molar-refractivity contribution in [2.24, 2.45) is 0 Å². The highest BCUT2D eigenvalue weighted by molar-refractivity contribution is 5.96. The van der Waals surface area contributed by atoms with Crippen molar-refractivity contribution < 1.29 is 19.0 Å². The molecule has 1 aromatic carbocycles. The van der Waals surface area contributed by atoms with Gasteiger partial charge in [0.15, 0.2) is 11.5 Å². The van der Waals surface area contributed by atoms with E-state index in [0.29, 0.717) is 50.0 Å². The van der Waals surface area contributed by atoms with Crippen LogP contribution in [-0.2, 0) is 11.3 Å². The summed E-state index contributed by atoms with van der Waals surface area (Å²) in [4.78, 5) is 23.4. The van der Waals surface area contributed by atoms with Crippen LogP contribution in [0.1, 0.15) is 21.6 Å². The first-order valence-electron chi connectivity index (χ1n) is 9.03. The SMILES string of the molecule is Cc1cc2c(cc1C(=O)NCc1cc(N3CCOCC3)ncn1)OCCO2. The van der Waals surface area contributed by atoms with Crippen molar-refractivity contribution >= 4 is 11.7 Å². The van der Waals surface area contributed by atoms with E-state index in [1.54, 1.807) is 6.07 Å². The van der Waals surface area contributed by atoms with Gasteiger partial charge in [-0.05, 0) is 24.6 Å². The van der Waals surface area contributed by atoms with Gasteiger partial charge in [-0.15, -0.1) is 0 Å². The predicted molar refractivity (Wildman–Crippen MR) is 98.4 cm³/mol. The Kier molecular flexibility index (Phi) is 5.06. The fraction of sp³-hybridized carbons (Fsp3) is 0.421. The van der Waals surface area contributed by atoms with Gasteiger partial charge < -0.3 is 24.4 Å². The topological polar surface area (TPSA) is 85.8 Å². The van der Waals surface area contributed by atoms with Gasteiger partial charge in [0, 0.05) is 24.7 Å². The van der Waals surface area contributed by atoms with Crippen LogP contribution in [0.25, 0.3) is 0 Å². The first-order chi connectivity index (χ1) is 13.2. The van der Waals surface area contributed by atoms with Crippen molar-refractivity contribution in [2.45, 2.75) is 13.5 Å². The van der Waals surface area contributed by atoms with Crippen molar-refractivity contribution in [3.63, 3.8) is 0 Å². The largest absolute Gasteiger partial charge is 0.486 e. The number of ether oxygens (including phenoxy) is 3. The van der Waals surface area contributed by atoms with E-state index in [2.05, 4.69) is 20.2 Å². The molecule has 8 nitrogen and oxygen atoms in total. The minimum atomic E-state index is -0.170. The van der Waals surface area contributed by atoms with Crippen molar-refractivity contribution in [1.82, 2.24) is 15.3 Å².